The monoisotopic (exact) mass is 471 g/mol. The van der Waals surface area contributed by atoms with Gasteiger partial charge in [0.05, 0.1) is 11.0 Å². The van der Waals surface area contributed by atoms with Gasteiger partial charge >= 0.3 is 5.97 Å². The topological polar surface area (TPSA) is 65.4 Å². The maximum absolute atomic E-state index is 11.5. The number of carbonyl (C=O) groups is 1. The molecule has 158 valence electrons. The molecule has 6 nitrogen and oxygen atoms in total. The lowest BCUT2D eigenvalue weighted by atomic mass is 9.93. The smallest absolute Gasteiger partial charge is 0.310 e. The first-order valence-corrected chi connectivity index (χ1v) is 10.9. The van der Waals surface area contributed by atoms with Crippen LogP contribution in [-0.4, -0.2) is 59.4 Å². The Kier molecular flexibility index (Phi) is 5.59. The summed E-state index contributed by atoms with van der Waals surface area (Å²) in [4.78, 5) is 21.0. The third-order valence-electron chi connectivity index (χ3n) is 5.61. The van der Waals surface area contributed by atoms with Crippen molar-refractivity contribution in [1.82, 2.24) is 9.80 Å². The Bertz CT molecular complexity index is 1010. The second-order valence-electron chi connectivity index (χ2n) is 8.60. The maximum atomic E-state index is 11.5. The standard InChI is InChI=1S/C23H26BrN3O3/c1-15-4-6-18-20(12-15)30-19-7-5-16(24)13-17(19)21(25-18)27-10-8-26(9-11-27)14-23(2,3)22(28)29/h4-7,12-13H,8-11,14H2,1-3H3,(H,28,29). The number of hydrogen-bond acceptors (Lipinski definition) is 5. The molecule has 0 radical (unpaired) electrons. The van der Waals surface area contributed by atoms with Crippen LogP contribution < -0.4 is 4.74 Å². The molecule has 0 aliphatic carbocycles. The molecule has 30 heavy (non-hydrogen) atoms. The van der Waals surface area contributed by atoms with Crippen LogP contribution in [0, 0.1) is 12.3 Å². The van der Waals surface area contributed by atoms with Gasteiger partial charge in [-0.25, -0.2) is 4.99 Å². The Morgan fingerprint density at radius 1 is 1.13 bits per heavy atom. The molecule has 0 bridgehead atoms. The second-order valence-corrected chi connectivity index (χ2v) is 9.52. The normalized spacial score (nSPS) is 16.8. The molecule has 1 N–H and O–H groups in total. The fourth-order valence-corrected chi connectivity index (χ4v) is 4.20. The molecule has 0 spiro atoms. The van der Waals surface area contributed by atoms with Gasteiger partial charge < -0.3 is 14.7 Å². The predicted octanol–water partition coefficient (Wildman–Crippen LogP) is 4.67. The number of aliphatic carboxylic acids is 1. The number of ether oxygens (including phenoxy) is 1. The molecular formula is C23H26BrN3O3. The van der Waals surface area contributed by atoms with Crippen molar-refractivity contribution < 1.29 is 14.6 Å². The summed E-state index contributed by atoms with van der Waals surface area (Å²) in [6.07, 6.45) is 0. The average Bonchev–Trinajstić information content (AvgIpc) is 2.84. The van der Waals surface area contributed by atoms with Crippen LogP contribution in [0.25, 0.3) is 0 Å². The molecule has 0 saturated carbocycles. The van der Waals surface area contributed by atoms with Gasteiger partial charge in [-0.3, -0.25) is 9.69 Å². The van der Waals surface area contributed by atoms with Crippen molar-refractivity contribution in [2.75, 3.05) is 32.7 Å². The highest BCUT2D eigenvalue weighted by Crippen LogP contribution is 2.39. The number of aliphatic imine (C=N–C) groups is 1. The summed E-state index contributed by atoms with van der Waals surface area (Å²) in [5, 5.41) is 9.43. The van der Waals surface area contributed by atoms with Crippen LogP contribution in [0.4, 0.5) is 5.69 Å². The first-order valence-electron chi connectivity index (χ1n) is 10.1. The first kappa shape index (κ1) is 20.9. The van der Waals surface area contributed by atoms with E-state index in [0.717, 1.165) is 64.8 Å². The van der Waals surface area contributed by atoms with Gasteiger partial charge in [-0.2, -0.15) is 0 Å². The Balaban J connectivity index is 1.62. The van der Waals surface area contributed by atoms with Gasteiger partial charge in [0, 0.05) is 37.2 Å². The number of benzene rings is 2. The largest absolute Gasteiger partial charge is 0.481 e. The molecule has 2 heterocycles. The molecule has 0 unspecified atom stereocenters. The summed E-state index contributed by atoms with van der Waals surface area (Å²) in [6.45, 7) is 9.28. The lowest BCUT2D eigenvalue weighted by Crippen LogP contribution is -2.52. The van der Waals surface area contributed by atoms with Crippen LogP contribution in [0.1, 0.15) is 25.0 Å². The van der Waals surface area contributed by atoms with Crippen LogP contribution in [0.2, 0.25) is 0 Å². The first-order chi connectivity index (χ1) is 14.2. The van der Waals surface area contributed by atoms with Crippen molar-refractivity contribution in [1.29, 1.82) is 0 Å². The van der Waals surface area contributed by atoms with Gasteiger partial charge in [0.15, 0.2) is 5.75 Å². The zero-order valence-electron chi connectivity index (χ0n) is 17.5. The number of amidine groups is 1. The minimum absolute atomic E-state index is 0.538. The van der Waals surface area contributed by atoms with E-state index in [-0.39, 0.29) is 0 Å². The molecule has 7 heteroatoms. The minimum Gasteiger partial charge on any atom is -0.481 e. The molecule has 0 atom stereocenters. The molecule has 2 aromatic carbocycles. The quantitative estimate of drug-likeness (QED) is 0.704. The summed E-state index contributed by atoms with van der Waals surface area (Å²) >= 11 is 3.58. The van der Waals surface area contributed by atoms with Gasteiger partial charge in [0.2, 0.25) is 0 Å². The van der Waals surface area contributed by atoms with E-state index < -0.39 is 11.4 Å². The number of fused-ring (bicyclic) bond motifs is 2. The lowest BCUT2D eigenvalue weighted by Gasteiger charge is -2.39. The van der Waals surface area contributed by atoms with Gasteiger partial charge in [0.1, 0.15) is 17.3 Å². The maximum Gasteiger partial charge on any atom is 0.310 e. The molecule has 4 rings (SSSR count). The summed E-state index contributed by atoms with van der Waals surface area (Å²) in [5.41, 5.74) is 2.14. The van der Waals surface area contributed by atoms with E-state index in [9.17, 15) is 9.90 Å². The molecule has 2 aromatic rings. The highest BCUT2D eigenvalue weighted by atomic mass is 79.9. The van der Waals surface area contributed by atoms with E-state index >= 15 is 0 Å². The number of halogens is 1. The van der Waals surface area contributed by atoms with Crippen LogP contribution in [0.5, 0.6) is 11.5 Å². The number of piperazine rings is 1. The van der Waals surface area contributed by atoms with E-state index in [1.807, 2.05) is 43.3 Å². The highest BCUT2D eigenvalue weighted by molar-refractivity contribution is 9.10. The van der Waals surface area contributed by atoms with Gasteiger partial charge in [-0.15, -0.1) is 0 Å². The predicted molar refractivity (Wildman–Crippen MR) is 121 cm³/mol. The van der Waals surface area contributed by atoms with Crippen molar-refractivity contribution in [3.63, 3.8) is 0 Å². The Morgan fingerprint density at radius 2 is 1.87 bits per heavy atom. The van der Waals surface area contributed by atoms with Crippen LogP contribution >= 0.6 is 15.9 Å². The SMILES string of the molecule is Cc1ccc2c(c1)Oc1ccc(Br)cc1C(N1CCN(CC(C)(C)C(=O)O)CC1)=N2. The molecule has 2 aliphatic rings. The third-order valence-corrected chi connectivity index (χ3v) is 6.11. The fraction of sp³-hybridized carbons (Fsp3) is 0.391. The number of carboxylic acid groups (broad SMARTS) is 1. The van der Waals surface area contributed by atoms with Crippen molar-refractivity contribution in [2.24, 2.45) is 10.4 Å². The zero-order valence-corrected chi connectivity index (χ0v) is 19.1. The number of rotatable bonds is 3. The number of carboxylic acids is 1. The van der Waals surface area contributed by atoms with Crippen LogP contribution in [0.15, 0.2) is 45.9 Å². The fourth-order valence-electron chi connectivity index (χ4n) is 3.84. The number of aryl methyl sites for hydroxylation is 1. The van der Waals surface area contributed by atoms with E-state index in [4.69, 9.17) is 9.73 Å². The van der Waals surface area contributed by atoms with E-state index in [1.165, 1.54) is 0 Å². The molecule has 1 saturated heterocycles. The van der Waals surface area contributed by atoms with Crippen molar-refractivity contribution >= 4 is 33.4 Å². The third kappa shape index (κ3) is 4.23. The van der Waals surface area contributed by atoms with Gasteiger partial charge in [-0.05, 0) is 56.7 Å². The molecule has 0 aromatic heterocycles. The molecule has 0 amide bonds. The zero-order chi connectivity index (χ0) is 21.5. The molecule has 1 fully saturated rings. The van der Waals surface area contributed by atoms with E-state index in [1.54, 1.807) is 13.8 Å². The van der Waals surface area contributed by atoms with Crippen LogP contribution in [0.3, 0.4) is 0 Å². The Labute approximate surface area is 185 Å². The minimum atomic E-state index is -0.763. The Morgan fingerprint density at radius 3 is 2.57 bits per heavy atom. The van der Waals surface area contributed by atoms with Crippen molar-refractivity contribution in [3.8, 4) is 11.5 Å². The van der Waals surface area contributed by atoms with Crippen molar-refractivity contribution in [3.05, 3.63) is 52.0 Å². The number of hydrogen-bond donors (Lipinski definition) is 1. The Hall–Kier alpha value is -2.38. The molecular weight excluding hydrogens is 446 g/mol. The highest BCUT2D eigenvalue weighted by Gasteiger charge is 2.32. The molecule has 2 aliphatic heterocycles. The second kappa shape index (κ2) is 8.04. The van der Waals surface area contributed by atoms with Crippen molar-refractivity contribution in [2.45, 2.75) is 20.8 Å². The summed E-state index contributed by atoms with van der Waals surface area (Å²) in [7, 11) is 0. The van der Waals surface area contributed by atoms with Crippen LogP contribution in [-0.2, 0) is 4.79 Å². The lowest BCUT2D eigenvalue weighted by molar-refractivity contribution is -0.148. The van der Waals surface area contributed by atoms with Gasteiger partial charge in [-0.1, -0.05) is 22.0 Å². The van der Waals surface area contributed by atoms with Gasteiger partial charge in [0.25, 0.3) is 0 Å². The summed E-state index contributed by atoms with van der Waals surface area (Å²) in [6, 6.07) is 12.0. The summed E-state index contributed by atoms with van der Waals surface area (Å²) in [5.74, 6) is 1.68. The average molecular weight is 472 g/mol. The van der Waals surface area contributed by atoms with E-state index in [0.29, 0.717) is 6.54 Å². The van der Waals surface area contributed by atoms with E-state index in [2.05, 4.69) is 25.7 Å². The number of nitrogens with zero attached hydrogens (tertiary/aromatic N) is 3. The summed E-state index contributed by atoms with van der Waals surface area (Å²) < 4.78 is 7.21.